The molecule has 7 nitrogen and oxygen atoms in total. The summed E-state index contributed by atoms with van der Waals surface area (Å²) < 4.78 is 44.4. The number of amidine groups is 1. The van der Waals surface area contributed by atoms with Gasteiger partial charge in [-0.3, -0.25) is 9.79 Å². The fraction of sp³-hybridized carbons (Fsp3) is 0.308. The van der Waals surface area contributed by atoms with Crippen LogP contribution < -0.4 is 15.8 Å². The first-order valence-corrected chi connectivity index (χ1v) is 11.6. The minimum absolute atomic E-state index is 0.112. The van der Waals surface area contributed by atoms with Crippen molar-refractivity contribution in [3.05, 3.63) is 80.8 Å². The number of nitrogens with zero attached hydrogens (tertiary/aromatic N) is 5. The van der Waals surface area contributed by atoms with Gasteiger partial charge in [0.05, 0.1) is 23.7 Å². The Bertz CT molecular complexity index is 1490. The first-order valence-electron chi connectivity index (χ1n) is 11.6. The molecule has 36 heavy (non-hydrogen) atoms. The number of aliphatic imine (C=N–C) groups is 1. The third-order valence-electron chi connectivity index (χ3n) is 6.38. The molecule has 2 aromatic heterocycles. The average molecular weight is 495 g/mol. The summed E-state index contributed by atoms with van der Waals surface area (Å²) in [6.45, 7) is 5.35. The summed E-state index contributed by atoms with van der Waals surface area (Å²) >= 11 is 0. The highest BCUT2D eigenvalue weighted by Gasteiger charge is 2.33. The molecule has 0 radical (unpaired) electrons. The van der Waals surface area contributed by atoms with Crippen molar-refractivity contribution >= 4 is 29.1 Å². The number of anilines is 2. The zero-order chi connectivity index (χ0) is 25.8. The Kier molecular flexibility index (Phi) is 5.69. The SMILES string of the molecule is Cc1nc(N[C@H](C)c2cccc(C(C)(F)F)c2F)c2c(n1)N1CCN=C1C(c1ccc(=O)n(C)c1)=C2. The number of alkyl halides is 2. The second kappa shape index (κ2) is 8.61. The van der Waals surface area contributed by atoms with Crippen LogP contribution in [0.1, 0.15) is 48.0 Å². The van der Waals surface area contributed by atoms with Gasteiger partial charge in [-0.1, -0.05) is 18.2 Å². The largest absolute Gasteiger partial charge is 0.363 e. The van der Waals surface area contributed by atoms with E-state index < -0.39 is 23.3 Å². The standard InChI is InChI=1S/C26H25F3N6O/c1-14(17-6-5-7-20(22(17)27)26(3,28)29)31-23-19-12-18(16-8-9-21(36)34(4)13-16)24-30-10-11-35(24)25(19)33-15(2)32-23/h5-9,12-14H,10-11H2,1-4H3,(H,31,32,33)/t14-/m1/s1. The van der Waals surface area contributed by atoms with E-state index in [1.165, 1.54) is 22.8 Å². The third-order valence-corrected chi connectivity index (χ3v) is 6.38. The number of aryl methyl sites for hydroxylation is 2. The molecule has 2 aliphatic heterocycles. The highest BCUT2D eigenvalue weighted by Crippen LogP contribution is 2.39. The van der Waals surface area contributed by atoms with Crippen LogP contribution in [0, 0.1) is 12.7 Å². The van der Waals surface area contributed by atoms with Crippen molar-refractivity contribution in [3.8, 4) is 0 Å². The topological polar surface area (TPSA) is 75.4 Å². The number of hydrogen-bond donors (Lipinski definition) is 1. The van der Waals surface area contributed by atoms with Gasteiger partial charge in [-0.25, -0.2) is 23.1 Å². The molecule has 0 aliphatic carbocycles. The smallest absolute Gasteiger partial charge is 0.273 e. The van der Waals surface area contributed by atoms with Crippen molar-refractivity contribution in [2.45, 2.75) is 32.7 Å². The Labute approximate surface area is 206 Å². The predicted molar refractivity (Wildman–Crippen MR) is 134 cm³/mol. The van der Waals surface area contributed by atoms with Gasteiger partial charge in [-0.15, -0.1) is 0 Å². The summed E-state index contributed by atoms with van der Waals surface area (Å²) in [5.74, 6) is -1.88. The van der Waals surface area contributed by atoms with Crippen molar-refractivity contribution in [1.29, 1.82) is 0 Å². The van der Waals surface area contributed by atoms with E-state index >= 15 is 4.39 Å². The molecule has 0 unspecified atom stereocenters. The number of aromatic nitrogens is 3. The maximum atomic E-state index is 15.1. The fourth-order valence-corrected chi connectivity index (χ4v) is 4.58. The van der Waals surface area contributed by atoms with E-state index in [1.807, 2.05) is 11.0 Å². The van der Waals surface area contributed by atoms with E-state index in [2.05, 4.69) is 20.3 Å². The average Bonchev–Trinajstić information content (AvgIpc) is 3.30. The lowest BCUT2D eigenvalue weighted by molar-refractivity contribution is 0.0136. The number of pyridine rings is 1. The van der Waals surface area contributed by atoms with E-state index in [1.54, 1.807) is 33.2 Å². The van der Waals surface area contributed by atoms with Gasteiger partial charge in [0.15, 0.2) is 0 Å². The molecule has 4 heterocycles. The summed E-state index contributed by atoms with van der Waals surface area (Å²) in [4.78, 5) is 27.8. The van der Waals surface area contributed by atoms with Gasteiger partial charge in [0.25, 0.3) is 5.92 Å². The molecule has 1 atom stereocenters. The van der Waals surface area contributed by atoms with E-state index in [0.717, 1.165) is 23.0 Å². The Morgan fingerprint density at radius 3 is 2.67 bits per heavy atom. The molecule has 0 amide bonds. The summed E-state index contributed by atoms with van der Waals surface area (Å²) in [7, 11) is 1.68. The number of halogens is 3. The van der Waals surface area contributed by atoms with E-state index in [-0.39, 0.29) is 11.1 Å². The third kappa shape index (κ3) is 4.06. The Morgan fingerprint density at radius 2 is 1.94 bits per heavy atom. The zero-order valence-electron chi connectivity index (χ0n) is 20.3. The lowest BCUT2D eigenvalue weighted by Gasteiger charge is -2.29. The molecule has 5 rings (SSSR count). The van der Waals surface area contributed by atoms with Crippen LogP contribution in [0.25, 0.3) is 11.6 Å². The monoisotopic (exact) mass is 494 g/mol. The number of benzene rings is 1. The zero-order valence-corrected chi connectivity index (χ0v) is 20.3. The van der Waals surface area contributed by atoms with Gasteiger partial charge in [0, 0.05) is 49.5 Å². The first kappa shape index (κ1) is 23.8. The Morgan fingerprint density at radius 1 is 1.17 bits per heavy atom. The van der Waals surface area contributed by atoms with Gasteiger partial charge < -0.3 is 14.8 Å². The van der Waals surface area contributed by atoms with Gasteiger partial charge in [-0.05, 0) is 26.0 Å². The van der Waals surface area contributed by atoms with Crippen molar-refractivity contribution in [1.82, 2.24) is 14.5 Å². The quantitative estimate of drug-likeness (QED) is 0.558. The summed E-state index contributed by atoms with van der Waals surface area (Å²) in [6.07, 6.45) is 3.64. The lowest BCUT2D eigenvalue weighted by Crippen LogP contribution is -2.33. The second-order valence-electron chi connectivity index (χ2n) is 9.10. The highest BCUT2D eigenvalue weighted by molar-refractivity contribution is 6.36. The molecule has 0 saturated heterocycles. The summed E-state index contributed by atoms with van der Waals surface area (Å²) in [6, 6.07) is 6.59. The van der Waals surface area contributed by atoms with Crippen LogP contribution >= 0.6 is 0 Å². The highest BCUT2D eigenvalue weighted by atomic mass is 19.3. The van der Waals surface area contributed by atoms with Crippen LogP contribution in [0.15, 0.2) is 46.3 Å². The molecule has 2 aliphatic rings. The van der Waals surface area contributed by atoms with Crippen molar-refractivity contribution < 1.29 is 13.2 Å². The predicted octanol–water partition coefficient (Wildman–Crippen LogP) is 4.68. The van der Waals surface area contributed by atoms with Crippen LogP contribution in [-0.4, -0.2) is 33.5 Å². The van der Waals surface area contributed by atoms with Crippen molar-refractivity contribution in [3.63, 3.8) is 0 Å². The molecule has 0 saturated carbocycles. The number of nitrogens with one attached hydrogen (secondary N) is 1. The van der Waals surface area contributed by atoms with Crippen molar-refractivity contribution in [2.75, 3.05) is 23.3 Å². The molecular weight excluding hydrogens is 469 g/mol. The van der Waals surface area contributed by atoms with Crippen LogP contribution in [0.2, 0.25) is 0 Å². The van der Waals surface area contributed by atoms with E-state index in [9.17, 15) is 13.6 Å². The minimum Gasteiger partial charge on any atom is -0.363 e. The number of hydrogen-bond acceptors (Lipinski definition) is 6. The molecular formula is C26H25F3N6O. The molecule has 0 fully saturated rings. The normalized spacial score (nSPS) is 15.7. The number of rotatable bonds is 5. The Balaban J connectivity index is 1.61. The van der Waals surface area contributed by atoms with Gasteiger partial charge in [0.1, 0.15) is 29.1 Å². The van der Waals surface area contributed by atoms with E-state index in [0.29, 0.717) is 43.0 Å². The summed E-state index contributed by atoms with van der Waals surface area (Å²) in [5, 5.41) is 3.22. The van der Waals surface area contributed by atoms with Crippen molar-refractivity contribution in [2.24, 2.45) is 12.0 Å². The molecule has 3 aromatic rings. The number of fused-ring (bicyclic) bond motifs is 3. The minimum atomic E-state index is -3.30. The fourth-order valence-electron chi connectivity index (χ4n) is 4.58. The Hall–Kier alpha value is -3.95. The van der Waals surface area contributed by atoms with Gasteiger partial charge in [-0.2, -0.15) is 0 Å². The lowest BCUT2D eigenvalue weighted by atomic mass is 9.98. The van der Waals surface area contributed by atoms with Gasteiger partial charge >= 0.3 is 0 Å². The maximum Gasteiger partial charge on any atom is 0.273 e. The molecule has 0 spiro atoms. The molecule has 10 heteroatoms. The van der Waals surface area contributed by atoms with Crippen LogP contribution in [0.5, 0.6) is 0 Å². The van der Waals surface area contributed by atoms with Gasteiger partial charge in [0.2, 0.25) is 5.56 Å². The first-order chi connectivity index (χ1) is 17.0. The maximum absolute atomic E-state index is 15.1. The van der Waals surface area contributed by atoms with E-state index in [4.69, 9.17) is 0 Å². The molecule has 0 bridgehead atoms. The van der Waals surface area contributed by atoms with Crippen LogP contribution in [0.3, 0.4) is 0 Å². The summed E-state index contributed by atoms with van der Waals surface area (Å²) in [5.41, 5.74) is 1.62. The van der Waals surface area contributed by atoms with Crippen LogP contribution in [0.4, 0.5) is 24.8 Å². The van der Waals surface area contributed by atoms with Crippen LogP contribution in [-0.2, 0) is 13.0 Å². The molecule has 186 valence electrons. The molecule has 1 N–H and O–H groups in total. The second-order valence-corrected chi connectivity index (χ2v) is 9.10. The molecule has 1 aromatic carbocycles.